The normalized spacial score (nSPS) is 6.75. The van der Waals surface area contributed by atoms with E-state index in [9.17, 15) is 0 Å². The fraction of sp³-hybridized carbons (Fsp3) is 0. The van der Waals surface area contributed by atoms with Crippen molar-refractivity contribution < 1.29 is 19.0 Å². The minimum absolute atomic E-state index is 2.31. The molecule has 0 saturated carbocycles. The molecule has 0 rings (SSSR count). The van der Waals surface area contributed by atoms with Gasteiger partial charge in [0.05, 0.1) is 0 Å². The first-order valence-electron chi connectivity index (χ1n) is 0.802. The van der Waals surface area contributed by atoms with Crippen LogP contribution in [0.3, 0.4) is 0 Å². The predicted molar refractivity (Wildman–Crippen MR) is 17.6 cm³/mol. The van der Waals surface area contributed by atoms with Crippen LogP contribution in [-0.2, 0) is 19.0 Å². The molecular weight excluding hydrogens is 219 g/mol. The minimum atomic E-state index is -2.31. The summed E-state index contributed by atoms with van der Waals surface area (Å²) in [6.07, 6.45) is 0. The number of hydrogen-bond donors (Lipinski definition) is 0. The molecule has 0 aliphatic carbocycles. The Kier molecular flexibility index (Phi) is 4.35. The molecule has 0 spiro atoms. The van der Waals surface area contributed by atoms with E-state index in [2.05, 4.69) is 0 Å². The summed E-state index contributed by atoms with van der Waals surface area (Å²) in [6.45, 7) is 0. The Morgan fingerprint density at radius 3 is 1.00 bits per heavy atom. The zero-order valence-electron chi connectivity index (χ0n) is 1.84. The van der Waals surface area contributed by atoms with Crippen LogP contribution in [0, 0.1) is 0 Å². The summed E-state index contributed by atoms with van der Waals surface area (Å²) in [6, 6.07) is 0. The van der Waals surface area contributed by atoms with Crippen LogP contribution in [0.4, 0.5) is 0 Å². The second-order valence-corrected chi connectivity index (χ2v) is 18.3. The van der Waals surface area contributed by atoms with E-state index in [0.29, 0.717) is 0 Å². The molecule has 0 unspecified atom stereocenters. The Bertz CT molecular complexity index is 8.00. The first-order chi connectivity index (χ1) is 1.73. The molecule has 4 heavy (non-hydrogen) atoms. The van der Waals surface area contributed by atoms with E-state index in [4.69, 9.17) is 24.9 Å². The van der Waals surface area contributed by atoms with Crippen molar-refractivity contribution >= 4 is 24.9 Å². The zero-order chi connectivity index (χ0) is 3.58. The Balaban J connectivity index is 2.32. The summed E-state index contributed by atoms with van der Waals surface area (Å²) in [5.74, 6) is 0. The van der Waals surface area contributed by atoms with Crippen molar-refractivity contribution in [3.05, 3.63) is 0 Å². The van der Waals surface area contributed by atoms with E-state index < -0.39 is 19.0 Å². The summed E-state index contributed by atoms with van der Waals surface area (Å²) in [5, 5.41) is 0. The summed E-state index contributed by atoms with van der Waals surface area (Å²) >= 11 is -2.31. The van der Waals surface area contributed by atoms with Crippen molar-refractivity contribution in [1.82, 2.24) is 0 Å². The topological polar surface area (TPSA) is 0 Å². The van der Waals surface area contributed by atoms with Gasteiger partial charge in [0.25, 0.3) is 0 Å². The predicted octanol–water partition coefficient (Wildman–Crippen LogP) is 2.07. The molecule has 0 bridgehead atoms. The molecule has 24 valence electrons. The van der Waals surface area contributed by atoms with Crippen molar-refractivity contribution in [2.75, 3.05) is 0 Å². The van der Waals surface area contributed by atoms with Gasteiger partial charge >= 0.3 is 44.0 Å². The van der Waals surface area contributed by atoms with Gasteiger partial charge in [0.2, 0.25) is 0 Å². The van der Waals surface area contributed by atoms with E-state index >= 15 is 0 Å². The molecule has 0 aliphatic rings. The first-order valence-corrected chi connectivity index (χ1v) is 16.1. The van der Waals surface area contributed by atoms with Crippen molar-refractivity contribution in [3.63, 3.8) is 0 Å². The first kappa shape index (κ1) is 5.79. The quantitative estimate of drug-likeness (QED) is 0.547. The molecule has 0 aromatic rings. The van der Waals surface area contributed by atoms with Crippen molar-refractivity contribution in [3.8, 4) is 0 Å². The van der Waals surface area contributed by atoms with Gasteiger partial charge in [-0.1, -0.05) is 0 Å². The van der Waals surface area contributed by atoms with Crippen molar-refractivity contribution in [2.45, 2.75) is 0 Å². The third-order valence-electron chi connectivity index (χ3n) is 0. The van der Waals surface area contributed by atoms with Gasteiger partial charge in [0.1, 0.15) is 0 Å². The van der Waals surface area contributed by atoms with E-state index in [1.807, 2.05) is 0 Å². The van der Waals surface area contributed by atoms with Gasteiger partial charge in [-0.05, 0) is 0 Å². The van der Waals surface area contributed by atoms with Crippen LogP contribution >= 0.6 is 24.9 Å². The number of rotatable bonds is 0. The molecule has 0 N–H and O–H groups in total. The molecular formula is CdCl3-. The number of hydrogen-bond acceptors (Lipinski definition) is 0. The summed E-state index contributed by atoms with van der Waals surface area (Å²) in [4.78, 5) is 0. The molecule has 0 heterocycles. The Morgan fingerprint density at radius 2 is 1.00 bits per heavy atom. The van der Waals surface area contributed by atoms with Gasteiger partial charge in [0.15, 0.2) is 0 Å². The molecule has 0 saturated heterocycles. The molecule has 0 amide bonds. The molecule has 0 fully saturated rings. The van der Waals surface area contributed by atoms with Gasteiger partial charge in [-0.25, -0.2) is 0 Å². The molecule has 4 heteroatoms. The van der Waals surface area contributed by atoms with Crippen LogP contribution in [0.1, 0.15) is 0 Å². The SMILES string of the molecule is [Cl][Cd-]([Cl])[Cl]. The molecule has 0 nitrogen and oxygen atoms in total. The van der Waals surface area contributed by atoms with Crippen molar-refractivity contribution in [2.24, 2.45) is 0 Å². The van der Waals surface area contributed by atoms with E-state index in [-0.39, 0.29) is 0 Å². The maximum atomic E-state index is 5.03. The second kappa shape index (κ2) is 3.00. The third-order valence-corrected chi connectivity index (χ3v) is 0. The van der Waals surface area contributed by atoms with Gasteiger partial charge in [0, 0.05) is 0 Å². The fourth-order valence-corrected chi connectivity index (χ4v) is 0. The Morgan fingerprint density at radius 1 is 1.00 bits per heavy atom. The van der Waals surface area contributed by atoms with Crippen LogP contribution < -0.4 is 0 Å². The standard InChI is InChI=1S/Cd.3ClH/h;3*1H/q+2;;;/p-3. The average Bonchev–Trinajstić information content (AvgIpc) is 0.811. The molecule has 0 radical (unpaired) electrons. The Hall–Kier alpha value is 1.79. The third kappa shape index (κ3) is 9.20. The summed E-state index contributed by atoms with van der Waals surface area (Å²) in [7, 11) is 15.1. The van der Waals surface area contributed by atoms with Gasteiger partial charge < -0.3 is 0 Å². The fourth-order valence-electron chi connectivity index (χ4n) is 0. The van der Waals surface area contributed by atoms with Gasteiger partial charge in [-0.3, -0.25) is 0 Å². The van der Waals surface area contributed by atoms with E-state index in [1.165, 1.54) is 0 Å². The summed E-state index contributed by atoms with van der Waals surface area (Å²) in [5.41, 5.74) is 0. The summed E-state index contributed by atoms with van der Waals surface area (Å²) < 4.78 is 0. The van der Waals surface area contributed by atoms with Crippen LogP contribution in [-0.4, -0.2) is 0 Å². The molecule has 0 aliphatic heterocycles. The maximum absolute atomic E-state index is 5.03. The molecule has 0 atom stereocenters. The van der Waals surface area contributed by atoms with E-state index in [0.717, 1.165) is 0 Å². The van der Waals surface area contributed by atoms with E-state index in [1.54, 1.807) is 0 Å². The average molecular weight is 219 g/mol. The van der Waals surface area contributed by atoms with Gasteiger partial charge in [-0.2, -0.15) is 0 Å². The van der Waals surface area contributed by atoms with Gasteiger partial charge in [-0.15, -0.1) is 0 Å². The Labute approximate surface area is 43.6 Å². The number of halogens is 3. The van der Waals surface area contributed by atoms with Crippen LogP contribution in [0.2, 0.25) is 0 Å². The second-order valence-electron chi connectivity index (χ2n) is 0.303. The van der Waals surface area contributed by atoms with Crippen LogP contribution in [0.25, 0.3) is 0 Å². The van der Waals surface area contributed by atoms with Crippen LogP contribution in [0.15, 0.2) is 0 Å². The molecule has 0 aromatic heterocycles. The monoisotopic (exact) mass is 219 g/mol. The molecule has 0 aromatic carbocycles. The van der Waals surface area contributed by atoms with Crippen molar-refractivity contribution in [1.29, 1.82) is 0 Å². The van der Waals surface area contributed by atoms with Crippen LogP contribution in [0.5, 0.6) is 0 Å². The zero-order valence-corrected chi connectivity index (χ0v) is 8.15.